The average molecular weight is 312 g/mol. The topological polar surface area (TPSA) is 25.8 Å². The maximum Gasteiger partial charge on any atom is 0.132 e. The Morgan fingerprint density at radius 2 is 1.88 bits per heavy atom. The molecule has 1 aromatic carbocycles. The van der Waals surface area contributed by atoms with Crippen molar-refractivity contribution in [3.63, 3.8) is 0 Å². The van der Waals surface area contributed by atoms with Crippen molar-refractivity contribution in [1.29, 1.82) is 0 Å². The zero-order valence-electron chi connectivity index (χ0n) is 9.61. The summed E-state index contributed by atoms with van der Waals surface area (Å²) < 4.78 is 0.783. The van der Waals surface area contributed by atoms with Crippen LogP contribution in [-0.4, -0.2) is 9.97 Å². The second-order valence-corrected chi connectivity index (χ2v) is 5.29. The number of halogens is 2. The third-order valence-electron chi connectivity index (χ3n) is 2.38. The minimum Gasteiger partial charge on any atom is -0.232 e. The third kappa shape index (κ3) is 2.85. The molecule has 0 aliphatic carbocycles. The van der Waals surface area contributed by atoms with Crippen molar-refractivity contribution in [3.8, 4) is 11.3 Å². The maximum atomic E-state index is 6.17. The van der Waals surface area contributed by atoms with Crippen LogP contribution < -0.4 is 0 Å². The lowest BCUT2D eigenvalue weighted by molar-refractivity contribution is 0.771. The highest BCUT2D eigenvalue weighted by Crippen LogP contribution is 2.28. The first-order valence-corrected chi connectivity index (χ1v) is 6.54. The van der Waals surface area contributed by atoms with E-state index in [1.165, 1.54) is 0 Å². The van der Waals surface area contributed by atoms with Gasteiger partial charge in [-0.25, -0.2) is 9.97 Å². The van der Waals surface area contributed by atoms with E-state index in [1.807, 2.05) is 30.3 Å². The molecule has 2 nitrogen and oxygen atoms in total. The van der Waals surface area contributed by atoms with Gasteiger partial charge in [0.2, 0.25) is 0 Å². The summed E-state index contributed by atoms with van der Waals surface area (Å²) in [4.78, 5) is 8.89. The maximum absolute atomic E-state index is 6.17. The van der Waals surface area contributed by atoms with Crippen LogP contribution in [0.1, 0.15) is 25.6 Å². The Kier molecular flexibility index (Phi) is 3.79. The molecule has 0 saturated carbocycles. The van der Waals surface area contributed by atoms with Gasteiger partial charge in [-0.05, 0) is 28.1 Å². The second kappa shape index (κ2) is 5.15. The van der Waals surface area contributed by atoms with Crippen molar-refractivity contribution < 1.29 is 0 Å². The predicted molar refractivity (Wildman–Crippen MR) is 74.3 cm³/mol. The van der Waals surface area contributed by atoms with Gasteiger partial charge in [-0.15, -0.1) is 0 Å². The highest BCUT2D eigenvalue weighted by atomic mass is 79.9. The van der Waals surface area contributed by atoms with Crippen LogP contribution in [0.3, 0.4) is 0 Å². The molecule has 0 amide bonds. The Morgan fingerprint density at radius 3 is 2.53 bits per heavy atom. The zero-order chi connectivity index (χ0) is 12.4. The number of hydrogen-bond donors (Lipinski definition) is 0. The number of nitrogens with zero attached hydrogens (tertiary/aromatic N) is 2. The molecule has 0 spiro atoms. The largest absolute Gasteiger partial charge is 0.232 e. The van der Waals surface area contributed by atoms with E-state index in [2.05, 4.69) is 39.7 Å². The summed E-state index contributed by atoms with van der Waals surface area (Å²) in [6.07, 6.45) is 0. The standard InChI is InChI=1S/C13H12BrClN2/c1-8(2)13-16-11(7-12(14)17-13)9-5-3-4-6-10(9)15/h3-8H,1-2H3. The second-order valence-electron chi connectivity index (χ2n) is 4.07. The van der Waals surface area contributed by atoms with Crippen LogP contribution in [0.5, 0.6) is 0 Å². The van der Waals surface area contributed by atoms with Gasteiger partial charge in [0.05, 0.1) is 5.69 Å². The number of rotatable bonds is 2. The lowest BCUT2D eigenvalue weighted by Crippen LogP contribution is -1.99. The molecule has 17 heavy (non-hydrogen) atoms. The van der Waals surface area contributed by atoms with Crippen LogP contribution in [0.2, 0.25) is 5.02 Å². The first-order chi connectivity index (χ1) is 8.08. The van der Waals surface area contributed by atoms with Gasteiger partial charge in [-0.1, -0.05) is 43.6 Å². The summed E-state index contributed by atoms with van der Waals surface area (Å²) in [5, 5.41) is 0.702. The monoisotopic (exact) mass is 310 g/mol. The van der Waals surface area contributed by atoms with Crippen LogP contribution >= 0.6 is 27.5 Å². The van der Waals surface area contributed by atoms with E-state index in [9.17, 15) is 0 Å². The van der Waals surface area contributed by atoms with Crippen molar-refractivity contribution in [2.24, 2.45) is 0 Å². The van der Waals surface area contributed by atoms with Gasteiger partial charge in [0.15, 0.2) is 0 Å². The molecule has 4 heteroatoms. The van der Waals surface area contributed by atoms with Gasteiger partial charge >= 0.3 is 0 Å². The van der Waals surface area contributed by atoms with Crippen LogP contribution in [-0.2, 0) is 0 Å². The molecule has 0 aliphatic heterocycles. The van der Waals surface area contributed by atoms with Gasteiger partial charge in [-0.3, -0.25) is 0 Å². The molecule has 0 fully saturated rings. The quantitative estimate of drug-likeness (QED) is 0.752. The average Bonchev–Trinajstić information content (AvgIpc) is 2.28. The minimum absolute atomic E-state index is 0.286. The van der Waals surface area contributed by atoms with Crippen LogP contribution in [0.25, 0.3) is 11.3 Å². The number of benzene rings is 1. The van der Waals surface area contributed by atoms with E-state index >= 15 is 0 Å². The molecule has 0 saturated heterocycles. The van der Waals surface area contributed by atoms with E-state index in [4.69, 9.17) is 11.6 Å². The SMILES string of the molecule is CC(C)c1nc(Br)cc(-c2ccccc2Cl)n1. The molecule has 0 unspecified atom stereocenters. The lowest BCUT2D eigenvalue weighted by atomic mass is 10.1. The van der Waals surface area contributed by atoms with Gasteiger partial charge in [-0.2, -0.15) is 0 Å². The lowest BCUT2D eigenvalue weighted by Gasteiger charge is -2.08. The third-order valence-corrected chi connectivity index (χ3v) is 3.11. The molecule has 0 bridgehead atoms. The molecule has 0 atom stereocenters. The minimum atomic E-state index is 0.286. The fraction of sp³-hybridized carbons (Fsp3) is 0.231. The van der Waals surface area contributed by atoms with Crippen molar-refractivity contribution in [2.45, 2.75) is 19.8 Å². The summed E-state index contributed by atoms with van der Waals surface area (Å²) in [6.45, 7) is 4.14. The van der Waals surface area contributed by atoms with Crippen molar-refractivity contribution in [1.82, 2.24) is 9.97 Å². The predicted octanol–water partition coefficient (Wildman–Crippen LogP) is 4.68. The first-order valence-electron chi connectivity index (χ1n) is 5.37. The van der Waals surface area contributed by atoms with Crippen molar-refractivity contribution in [3.05, 3.63) is 45.8 Å². The van der Waals surface area contributed by atoms with E-state index in [0.29, 0.717) is 5.02 Å². The fourth-order valence-electron chi connectivity index (χ4n) is 1.50. The van der Waals surface area contributed by atoms with Crippen LogP contribution in [0.4, 0.5) is 0 Å². The van der Waals surface area contributed by atoms with Crippen molar-refractivity contribution in [2.75, 3.05) is 0 Å². The number of hydrogen-bond acceptors (Lipinski definition) is 2. The highest BCUT2D eigenvalue weighted by Gasteiger charge is 2.10. The molecule has 2 aromatic rings. The first kappa shape index (κ1) is 12.5. The van der Waals surface area contributed by atoms with Gasteiger partial charge in [0.25, 0.3) is 0 Å². The molecular weight excluding hydrogens is 300 g/mol. The summed E-state index contributed by atoms with van der Waals surface area (Å²) in [6, 6.07) is 9.56. The van der Waals surface area contributed by atoms with Gasteiger partial charge in [0, 0.05) is 16.5 Å². The van der Waals surface area contributed by atoms with Crippen molar-refractivity contribution >= 4 is 27.5 Å². The molecule has 1 aromatic heterocycles. The summed E-state index contributed by atoms with van der Waals surface area (Å²) >= 11 is 9.58. The van der Waals surface area contributed by atoms with Crippen LogP contribution in [0.15, 0.2) is 34.9 Å². The molecule has 0 aliphatic rings. The smallest absolute Gasteiger partial charge is 0.132 e. The highest BCUT2D eigenvalue weighted by molar-refractivity contribution is 9.10. The van der Waals surface area contributed by atoms with E-state index < -0.39 is 0 Å². The Hall–Kier alpha value is -0.930. The molecule has 2 rings (SSSR count). The Morgan fingerprint density at radius 1 is 1.18 bits per heavy atom. The molecule has 1 heterocycles. The van der Waals surface area contributed by atoms with E-state index in [1.54, 1.807) is 0 Å². The van der Waals surface area contributed by atoms with Crippen LogP contribution in [0, 0.1) is 0 Å². The summed E-state index contributed by atoms with van der Waals surface area (Å²) in [5.41, 5.74) is 1.78. The van der Waals surface area contributed by atoms with Gasteiger partial charge < -0.3 is 0 Å². The van der Waals surface area contributed by atoms with E-state index in [-0.39, 0.29) is 5.92 Å². The zero-order valence-corrected chi connectivity index (χ0v) is 12.0. The van der Waals surface area contributed by atoms with E-state index in [0.717, 1.165) is 21.7 Å². The molecular formula is C13H12BrClN2. The fourth-order valence-corrected chi connectivity index (χ4v) is 2.13. The Bertz CT molecular complexity index is 541. The molecule has 0 radical (unpaired) electrons. The Balaban J connectivity index is 2.56. The molecule has 0 N–H and O–H groups in total. The summed E-state index contributed by atoms with van der Waals surface area (Å²) in [7, 11) is 0. The summed E-state index contributed by atoms with van der Waals surface area (Å²) in [5.74, 6) is 1.10. The Labute approximate surface area is 114 Å². The number of aromatic nitrogens is 2. The molecule has 88 valence electrons. The normalized spacial score (nSPS) is 10.9. The van der Waals surface area contributed by atoms with Gasteiger partial charge in [0.1, 0.15) is 10.4 Å².